The van der Waals surface area contributed by atoms with Gasteiger partial charge in [-0.15, -0.1) is 56.7 Å². The Morgan fingerprint density at radius 2 is 0.840 bits per heavy atom. The fourth-order valence-electron chi connectivity index (χ4n) is 16.0. The molecule has 3 aliphatic rings. The van der Waals surface area contributed by atoms with Crippen molar-refractivity contribution >= 4 is 178 Å². The lowest BCUT2D eigenvalue weighted by Gasteiger charge is -2.30. The summed E-state index contributed by atoms with van der Waals surface area (Å²) in [6, 6.07) is 55.8. The van der Waals surface area contributed by atoms with Crippen molar-refractivity contribution in [3.63, 3.8) is 0 Å². The predicted molar refractivity (Wildman–Crippen MR) is 467 cm³/mol. The Balaban J connectivity index is 0.000000255. The van der Waals surface area contributed by atoms with Gasteiger partial charge in [-0.3, -0.25) is 0 Å². The first-order valence-electron chi connectivity index (χ1n) is 38.6. The molecule has 10 aromatic rings. The highest BCUT2D eigenvalue weighted by Crippen LogP contribution is 2.55. The number of halogens is 2. The number of nitrogens with zero attached hydrogens (tertiary/aromatic N) is 2. The molecule has 0 saturated heterocycles. The second kappa shape index (κ2) is 38.7. The van der Waals surface area contributed by atoms with Crippen LogP contribution in [0, 0.1) is 13.8 Å². The van der Waals surface area contributed by atoms with Crippen molar-refractivity contribution < 1.29 is 0 Å². The summed E-state index contributed by atoms with van der Waals surface area (Å²) < 4.78 is 12.9. The van der Waals surface area contributed by atoms with Crippen molar-refractivity contribution in [2.24, 2.45) is 0 Å². The fourth-order valence-corrected chi connectivity index (χ4v) is 39.9. The number of unbranched alkanes of at least 4 members (excludes halogenated alkanes) is 18. The van der Waals surface area contributed by atoms with Gasteiger partial charge in [-0.2, -0.15) is 8.75 Å². The molecule has 4 aromatic carbocycles. The Labute approximate surface area is 646 Å². The summed E-state index contributed by atoms with van der Waals surface area (Å²) in [5.74, 6) is 0. The third-order valence-electron chi connectivity index (χ3n) is 21.4. The smallest absolute Gasteiger partial charge is 0.122 e. The van der Waals surface area contributed by atoms with Gasteiger partial charge in [0.15, 0.2) is 0 Å². The van der Waals surface area contributed by atoms with Crippen LogP contribution in [-0.2, 0) is 12.8 Å². The molecule has 13 rings (SSSR count). The molecule has 0 N–H and O–H groups in total. The summed E-state index contributed by atoms with van der Waals surface area (Å²) in [6.07, 6.45) is 38.6. The zero-order chi connectivity index (χ0) is 69.9. The molecule has 0 atom stereocenters. The molecule has 0 unspecified atom stereocenters. The molecule has 2 aliphatic heterocycles. The number of allylic oxidation sites excluding steroid dienone is 4. The number of thiophene rings is 5. The molecule has 0 spiro atoms. The van der Waals surface area contributed by atoms with Crippen LogP contribution in [0.25, 0.3) is 52.8 Å². The van der Waals surface area contributed by atoms with Gasteiger partial charge >= 0.3 is 0 Å². The van der Waals surface area contributed by atoms with Crippen LogP contribution in [0.15, 0.2) is 152 Å². The Morgan fingerprint density at radius 3 is 1.31 bits per heavy atom. The summed E-state index contributed by atoms with van der Waals surface area (Å²) in [4.78, 5) is 12.3. The van der Waals surface area contributed by atoms with E-state index in [-0.39, 0.29) is 0 Å². The Kier molecular flexibility index (Phi) is 30.0. The van der Waals surface area contributed by atoms with Gasteiger partial charge in [-0.25, -0.2) is 0 Å². The summed E-state index contributed by atoms with van der Waals surface area (Å²) in [5.41, 5.74) is 11.2. The summed E-state index contributed by atoms with van der Waals surface area (Å²) in [5, 5.41) is 11.3. The first kappa shape index (κ1) is 77.6. The second-order valence-corrected chi connectivity index (χ2v) is 48.2. The van der Waals surface area contributed by atoms with E-state index in [4.69, 9.17) is 8.75 Å². The molecule has 0 bridgehead atoms. The molecular weight excluding hydrogens is 1510 g/mol. The molecule has 0 saturated carbocycles. The third kappa shape index (κ3) is 18.5. The van der Waals surface area contributed by atoms with Crippen molar-refractivity contribution in [1.82, 2.24) is 8.75 Å². The van der Waals surface area contributed by atoms with Crippen LogP contribution in [0.2, 0.25) is 24.2 Å². The second-order valence-electron chi connectivity index (χ2n) is 28.6. The Hall–Kier alpha value is -3.50. The minimum atomic E-state index is -2.00. The van der Waals surface area contributed by atoms with E-state index in [1.54, 1.807) is 68.0 Å². The fraction of sp³-hybridized carbons (Fsp3) is 0.448. The number of fused-ring (bicyclic) bond motifs is 6. The van der Waals surface area contributed by atoms with Crippen molar-refractivity contribution in [1.29, 1.82) is 0 Å². The lowest BCUT2D eigenvalue weighted by Crippen LogP contribution is -2.54. The van der Waals surface area contributed by atoms with Crippen LogP contribution in [-0.4, -0.2) is 24.9 Å². The average molecular weight is 1620 g/mol. The lowest BCUT2D eigenvalue weighted by molar-refractivity contribution is 0.666. The van der Waals surface area contributed by atoms with Crippen LogP contribution in [0.1, 0.15) is 233 Å². The largest absolute Gasteiger partial charge is 0.172 e. The van der Waals surface area contributed by atoms with E-state index in [0.29, 0.717) is 0 Å². The van der Waals surface area contributed by atoms with Gasteiger partial charge in [0.2, 0.25) is 0 Å². The Bertz CT molecular complexity index is 4130. The van der Waals surface area contributed by atoms with Gasteiger partial charge in [0, 0.05) is 56.6 Å². The number of rotatable bonds is 36. The number of benzene rings is 4. The van der Waals surface area contributed by atoms with Crippen LogP contribution in [0.4, 0.5) is 0 Å². The van der Waals surface area contributed by atoms with E-state index >= 15 is 0 Å². The van der Waals surface area contributed by atoms with Crippen molar-refractivity contribution in [2.75, 3.05) is 0 Å². The highest BCUT2D eigenvalue weighted by Gasteiger charge is 2.50. The van der Waals surface area contributed by atoms with Gasteiger partial charge in [-0.1, -0.05) is 292 Å². The van der Waals surface area contributed by atoms with Crippen molar-refractivity contribution in [2.45, 2.75) is 253 Å². The quantitative estimate of drug-likeness (QED) is 0.0222. The molecule has 0 fully saturated rings. The van der Waals surface area contributed by atoms with E-state index < -0.39 is 24.1 Å². The predicted octanol–water partition coefficient (Wildman–Crippen LogP) is 28.2. The van der Waals surface area contributed by atoms with E-state index in [1.807, 2.05) is 5.20 Å². The molecule has 530 valence electrons. The highest BCUT2D eigenvalue weighted by atomic mass is 79.9. The SMILES string of the molecule is CCCCCCc1cc(Br)sc1Br.CCCCCCc1cc(C2=CC3=C(C2)c2sc(-c4ccc(-c5cc6c(s5)-c5sc(C)cc5[Si]6(CCCCCC)CCCCCC)c5nsnc45)cc2[Si]3(CCCCCC)CCCCCC)sc1C.c1ccc(P(c2ccccc2)c2ccccc2)cc1. The van der Waals surface area contributed by atoms with E-state index in [0.717, 1.165) is 17.5 Å². The van der Waals surface area contributed by atoms with E-state index in [9.17, 15) is 0 Å². The van der Waals surface area contributed by atoms with Crippen molar-refractivity contribution in [3.8, 4) is 30.6 Å². The maximum Gasteiger partial charge on any atom is 0.122 e. The van der Waals surface area contributed by atoms with Crippen LogP contribution in [0.5, 0.6) is 0 Å². The van der Waals surface area contributed by atoms with Crippen LogP contribution >= 0.6 is 108 Å². The number of aryl methyl sites for hydroxylation is 4. The molecular formula is C87H109Br2N2PS6Si2. The maximum absolute atomic E-state index is 5.19. The lowest BCUT2D eigenvalue weighted by atomic mass is 10.0. The zero-order valence-electron chi connectivity index (χ0n) is 61.2. The van der Waals surface area contributed by atoms with E-state index in [2.05, 4.69) is 272 Å². The number of hydrogen-bond donors (Lipinski definition) is 0. The molecule has 8 heterocycles. The standard InChI is InChI=1S/C59H80N2S5Si2.C18H15P.C10H14Br2S/c1-8-13-18-23-28-43-37-48(63-42(43)7)44-36-47-51(38-44)67(31-24-19-14-9-2,32-25-20-15-10-3)53-39-49(64-57(47)53)45-29-30-46(56-55(45)60-66-61-56)50-40-54-59(65-50)58-52(35-41(6)62-58)68(54,33-26-21-16-11-4)34-27-22-17-12-5;1-4-10-16(11-5-1)19(17-12-6-2-7-13-17)18-14-8-3-9-15-18;1-2-3-4-5-6-8-7-9(11)13-10(8)12/h29-30,35,37-40H,8-28,31-34,36H2,1-7H3;1-15H;7H,2-6H2,1H3. The Morgan fingerprint density at radius 1 is 0.410 bits per heavy atom. The zero-order valence-corrected chi connectivity index (χ0v) is 72.2. The van der Waals surface area contributed by atoms with Gasteiger partial charge in [-0.05, 0) is 193 Å². The monoisotopic (exact) mass is 1620 g/mol. The minimum absolute atomic E-state index is 0.446. The molecule has 1 aliphatic carbocycles. The van der Waals surface area contributed by atoms with Gasteiger partial charge in [0.1, 0.15) is 27.2 Å². The molecule has 13 heteroatoms. The summed E-state index contributed by atoms with van der Waals surface area (Å²) in [6.45, 7) is 18.8. The normalized spacial score (nSPS) is 13.9. The molecule has 2 nitrogen and oxygen atoms in total. The average Bonchev–Trinajstić information content (AvgIpc) is 1.55. The summed E-state index contributed by atoms with van der Waals surface area (Å²) >= 11 is 18.6. The molecule has 6 aromatic heterocycles. The topological polar surface area (TPSA) is 25.8 Å². The van der Waals surface area contributed by atoms with E-state index in [1.165, 1.54) is 258 Å². The van der Waals surface area contributed by atoms with Crippen LogP contribution in [0.3, 0.4) is 0 Å². The minimum Gasteiger partial charge on any atom is -0.172 e. The van der Waals surface area contributed by atoms with Crippen molar-refractivity contribution in [3.05, 3.63) is 183 Å². The first-order valence-corrected chi connectivity index (χ1v) is 51.1. The summed E-state index contributed by atoms with van der Waals surface area (Å²) in [7, 11) is -4.34. The van der Waals surface area contributed by atoms with Gasteiger partial charge < -0.3 is 0 Å². The first-order chi connectivity index (χ1) is 49.0. The van der Waals surface area contributed by atoms with Gasteiger partial charge in [0.05, 0.1) is 19.3 Å². The number of hydrogen-bond acceptors (Lipinski definition) is 8. The maximum atomic E-state index is 5.19. The highest BCUT2D eigenvalue weighted by molar-refractivity contribution is 9.12. The third-order valence-corrected chi connectivity index (χ3v) is 42.7. The number of aromatic nitrogens is 2. The van der Waals surface area contributed by atoms with Crippen LogP contribution < -0.4 is 31.5 Å². The molecule has 0 amide bonds. The molecule has 100 heavy (non-hydrogen) atoms. The van der Waals surface area contributed by atoms with Gasteiger partial charge in [0.25, 0.3) is 0 Å². The molecule has 0 radical (unpaired) electrons.